The maximum Gasteiger partial charge on any atom is 0.414 e. The summed E-state index contributed by atoms with van der Waals surface area (Å²) in [5.74, 6) is -3.65. The standard InChI is InChI=1S/2C7H13NO2.C2H2O4/c2*1-6-7(4-9-5-7)10-3-2-8-6;3-1(4)2(5)6/h2*6,8H,2-5H2,1H3;(H,3,4)(H,5,6). The van der Waals surface area contributed by atoms with Crippen molar-refractivity contribution in [1.29, 1.82) is 0 Å². The minimum atomic E-state index is -1.82. The number of morpholine rings is 2. The maximum atomic E-state index is 9.10. The summed E-state index contributed by atoms with van der Waals surface area (Å²) >= 11 is 0. The molecule has 4 rings (SSSR count). The first-order valence-electron chi connectivity index (χ1n) is 8.68. The molecule has 4 aliphatic heterocycles. The summed E-state index contributed by atoms with van der Waals surface area (Å²) in [4.78, 5) is 18.2. The van der Waals surface area contributed by atoms with Crippen LogP contribution in [-0.2, 0) is 28.5 Å². The monoisotopic (exact) mass is 376 g/mol. The Morgan fingerprint density at radius 1 is 0.808 bits per heavy atom. The van der Waals surface area contributed by atoms with E-state index in [0.717, 1.165) is 52.7 Å². The van der Waals surface area contributed by atoms with E-state index in [0.29, 0.717) is 12.1 Å². The van der Waals surface area contributed by atoms with Crippen LogP contribution in [-0.4, -0.2) is 98.2 Å². The number of carbonyl (C=O) groups is 2. The first-order chi connectivity index (χ1) is 12.3. The van der Waals surface area contributed by atoms with Crippen LogP contribution in [0.3, 0.4) is 0 Å². The van der Waals surface area contributed by atoms with Gasteiger partial charge in [-0.2, -0.15) is 0 Å². The second-order valence-corrected chi connectivity index (χ2v) is 6.77. The summed E-state index contributed by atoms with van der Waals surface area (Å²) in [6.07, 6.45) is 0. The van der Waals surface area contributed by atoms with Gasteiger partial charge >= 0.3 is 11.9 Å². The second-order valence-electron chi connectivity index (χ2n) is 6.77. The van der Waals surface area contributed by atoms with Gasteiger partial charge in [-0.05, 0) is 13.8 Å². The van der Waals surface area contributed by atoms with Crippen molar-refractivity contribution < 1.29 is 38.7 Å². The lowest BCUT2D eigenvalue weighted by molar-refractivity contribution is -0.234. The van der Waals surface area contributed by atoms with E-state index in [9.17, 15) is 0 Å². The van der Waals surface area contributed by atoms with E-state index >= 15 is 0 Å². The molecular formula is C16H28N2O8. The van der Waals surface area contributed by atoms with Crippen LogP contribution in [0.1, 0.15) is 13.8 Å². The van der Waals surface area contributed by atoms with Gasteiger partial charge in [0.25, 0.3) is 0 Å². The Hall–Kier alpha value is -1.30. The van der Waals surface area contributed by atoms with Crippen LogP contribution in [0.5, 0.6) is 0 Å². The Morgan fingerprint density at radius 3 is 1.31 bits per heavy atom. The minimum Gasteiger partial charge on any atom is -0.473 e. The summed E-state index contributed by atoms with van der Waals surface area (Å²) in [5, 5.41) is 21.5. The highest BCUT2D eigenvalue weighted by atomic mass is 16.6. The smallest absolute Gasteiger partial charge is 0.414 e. The first kappa shape index (κ1) is 21.0. The summed E-state index contributed by atoms with van der Waals surface area (Å²) in [5.41, 5.74) is 0.0521. The normalized spacial score (nSPS) is 30.5. The molecule has 0 radical (unpaired) electrons. The number of rotatable bonds is 0. The molecule has 150 valence electrons. The fourth-order valence-electron chi connectivity index (χ4n) is 2.95. The lowest BCUT2D eigenvalue weighted by Crippen LogP contribution is -2.66. The first-order valence-corrected chi connectivity index (χ1v) is 8.68. The molecule has 4 fully saturated rings. The quantitative estimate of drug-likeness (QED) is 0.377. The molecule has 0 aliphatic carbocycles. The fraction of sp³-hybridized carbons (Fsp3) is 0.875. The van der Waals surface area contributed by atoms with E-state index in [4.69, 9.17) is 38.7 Å². The highest BCUT2D eigenvalue weighted by Gasteiger charge is 2.47. The Kier molecular flexibility index (Phi) is 7.33. The summed E-state index contributed by atoms with van der Waals surface area (Å²) < 4.78 is 21.5. The van der Waals surface area contributed by atoms with Crippen molar-refractivity contribution in [3.63, 3.8) is 0 Å². The van der Waals surface area contributed by atoms with Crippen molar-refractivity contribution in [2.75, 3.05) is 52.7 Å². The van der Waals surface area contributed by atoms with E-state index in [1.165, 1.54) is 0 Å². The van der Waals surface area contributed by atoms with Gasteiger partial charge in [-0.1, -0.05) is 0 Å². The van der Waals surface area contributed by atoms with E-state index in [1.807, 2.05) is 0 Å². The topological polar surface area (TPSA) is 136 Å². The molecule has 2 spiro atoms. The Labute approximate surface area is 152 Å². The fourth-order valence-corrected chi connectivity index (χ4v) is 2.95. The predicted molar refractivity (Wildman–Crippen MR) is 89.2 cm³/mol. The SMILES string of the molecule is CC1NCCOC12COC2.CC1NCCOC12COC2.O=C(O)C(=O)O. The highest BCUT2D eigenvalue weighted by molar-refractivity contribution is 6.27. The molecule has 0 aromatic carbocycles. The van der Waals surface area contributed by atoms with Crippen LogP contribution in [0.25, 0.3) is 0 Å². The zero-order valence-corrected chi connectivity index (χ0v) is 15.2. The van der Waals surface area contributed by atoms with Gasteiger partial charge < -0.3 is 39.8 Å². The highest BCUT2D eigenvalue weighted by Crippen LogP contribution is 2.28. The summed E-state index contributed by atoms with van der Waals surface area (Å²) in [7, 11) is 0. The molecular weight excluding hydrogens is 348 g/mol. The molecule has 10 heteroatoms. The third-order valence-electron chi connectivity index (χ3n) is 5.03. The van der Waals surface area contributed by atoms with Gasteiger partial charge in [0.2, 0.25) is 0 Å². The largest absolute Gasteiger partial charge is 0.473 e. The van der Waals surface area contributed by atoms with Gasteiger partial charge in [0.1, 0.15) is 11.2 Å². The molecule has 0 saturated carbocycles. The molecule has 2 unspecified atom stereocenters. The second kappa shape index (κ2) is 9.07. The van der Waals surface area contributed by atoms with Crippen molar-refractivity contribution in [3.05, 3.63) is 0 Å². The van der Waals surface area contributed by atoms with Crippen molar-refractivity contribution in [2.24, 2.45) is 0 Å². The summed E-state index contributed by atoms with van der Waals surface area (Å²) in [6.45, 7) is 11.0. The van der Waals surface area contributed by atoms with Gasteiger partial charge in [-0.25, -0.2) is 9.59 Å². The third kappa shape index (κ3) is 4.90. The maximum absolute atomic E-state index is 9.10. The van der Waals surface area contributed by atoms with Gasteiger partial charge in [-0.3, -0.25) is 0 Å². The molecule has 4 N–H and O–H groups in total. The number of hydrogen-bond donors (Lipinski definition) is 4. The minimum absolute atomic E-state index is 0.0260. The lowest BCUT2D eigenvalue weighted by Gasteiger charge is -2.48. The van der Waals surface area contributed by atoms with Crippen LogP contribution in [0.4, 0.5) is 0 Å². The average molecular weight is 376 g/mol. The van der Waals surface area contributed by atoms with Crippen molar-refractivity contribution in [2.45, 2.75) is 37.1 Å². The molecule has 2 atom stereocenters. The zero-order chi connectivity index (χ0) is 19.2. The molecule has 4 saturated heterocycles. The van der Waals surface area contributed by atoms with E-state index in [1.54, 1.807) is 0 Å². The molecule has 26 heavy (non-hydrogen) atoms. The Balaban J connectivity index is 0.000000146. The number of nitrogens with one attached hydrogen (secondary N) is 2. The number of carboxylic acids is 2. The molecule has 0 aromatic heterocycles. The molecule has 0 amide bonds. The van der Waals surface area contributed by atoms with Crippen molar-refractivity contribution in [1.82, 2.24) is 10.6 Å². The average Bonchev–Trinajstić information content (AvgIpc) is 2.54. The van der Waals surface area contributed by atoms with Gasteiger partial charge in [0.15, 0.2) is 0 Å². The lowest BCUT2D eigenvalue weighted by atomic mass is 9.92. The Morgan fingerprint density at radius 2 is 1.15 bits per heavy atom. The van der Waals surface area contributed by atoms with E-state index in [-0.39, 0.29) is 11.2 Å². The molecule has 10 nitrogen and oxygen atoms in total. The van der Waals surface area contributed by atoms with Crippen molar-refractivity contribution >= 4 is 11.9 Å². The van der Waals surface area contributed by atoms with Crippen molar-refractivity contribution in [3.8, 4) is 0 Å². The Bertz CT molecular complexity index is 449. The van der Waals surface area contributed by atoms with Gasteiger partial charge in [0, 0.05) is 25.2 Å². The van der Waals surface area contributed by atoms with Crippen LogP contribution in [0.2, 0.25) is 0 Å². The van der Waals surface area contributed by atoms with E-state index in [2.05, 4.69) is 24.5 Å². The third-order valence-corrected chi connectivity index (χ3v) is 5.03. The van der Waals surface area contributed by atoms with Crippen LogP contribution < -0.4 is 10.6 Å². The number of aliphatic carboxylic acids is 2. The summed E-state index contributed by atoms with van der Waals surface area (Å²) in [6, 6.07) is 0.907. The van der Waals surface area contributed by atoms with E-state index < -0.39 is 11.9 Å². The molecule has 0 bridgehead atoms. The predicted octanol–water partition coefficient (Wildman–Crippen LogP) is -1.32. The van der Waals surface area contributed by atoms with Gasteiger partial charge in [-0.15, -0.1) is 0 Å². The number of carboxylic acid groups (broad SMARTS) is 2. The molecule has 4 aliphatic rings. The number of hydrogen-bond acceptors (Lipinski definition) is 8. The van der Waals surface area contributed by atoms with Crippen LogP contribution in [0.15, 0.2) is 0 Å². The molecule has 4 heterocycles. The van der Waals surface area contributed by atoms with Gasteiger partial charge in [0.05, 0.1) is 39.6 Å². The molecule has 0 aromatic rings. The van der Waals surface area contributed by atoms with Crippen LogP contribution >= 0.6 is 0 Å². The number of ether oxygens (including phenoxy) is 4. The zero-order valence-electron chi connectivity index (χ0n) is 15.2. The van der Waals surface area contributed by atoms with Crippen LogP contribution in [0, 0.1) is 0 Å².